The summed E-state index contributed by atoms with van der Waals surface area (Å²) in [5.74, 6) is 3.40. The first-order valence-corrected chi connectivity index (χ1v) is 22.8. The molecule has 9 aliphatic heterocycles. The number of nitrogens with two attached hydrogens (primary N) is 1. The number of allylic oxidation sites excluding steroid dienone is 2. The summed E-state index contributed by atoms with van der Waals surface area (Å²) in [7, 11) is 0. The van der Waals surface area contributed by atoms with Crippen LogP contribution >= 0.6 is 0 Å². The summed E-state index contributed by atoms with van der Waals surface area (Å²) in [5, 5.41) is 0. The molecule has 7 nitrogen and oxygen atoms in total. The molecule has 7 heteroatoms. The number of nitrogens with zero attached hydrogens (tertiary/aromatic N) is 2. The zero-order valence-corrected chi connectivity index (χ0v) is 33.5. The second-order valence-corrected chi connectivity index (χ2v) is 20.0. The SMILES string of the molecule is CCCC1C23C=C4CCC2(C(=CCC(C2CCCCC2)N2CC5CC(C2)C2CCC6=C(C4CC(C)C6)N2C5)OC3=O)C12OC(=O)c1c(CCCN)cccc12. The van der Waals surface area contributed by atoms with E-state index < -0.39 is 16.4 Å². The molecule has 5 fully saturated rings. The van der Waals surface area contributed by atoms with Gasteiger partial charge in [0.1, 0.15) is 11.2 Å². The number of ether oxygens (including phenoxy) is 2. The largest absolute Gasteiger partial charge is 0.449 e. The van der Waals surface area contributed by atoms with Crippen LogP contribution < -0.4 is 5.73 Å². The number of aryl methyl sites for hydroxylation is 1. The topological polar surface area (TPSA) is 85.1 Å². The minimum Gasteiger partial charge on any atom is -0.449 e. The molecule has 10 bridgehead atoms. The van der Waals surface area contributed by atoms with Gasteiger partial charge in [0, 0.05) is 54.8 Å². The normalized spacial score (nSPS) is 42.6. The van der Waals surface area contributed by atoms with E-state index in [1.165, 1.54) is 83.0 Å². The van der Waals surface area contributed by atoms with Crippen LogP contribution in [0.2, 0.25) is 0 Å². The van der Waals surface area contributed by atoms with Crippen LogP contribution in [0.4, 0.5) is 0 Å². The highest BCUT2D eigenvalue weighted by molar-refractivity contribution is 5.99. The van der Waals surface area contributed by atoms with Gasteiger partial charge in [0.05, 0.1) is 11.0 Å². The Labute approximate surface area is 328 Å². The fourth-order valence-corrected chi connectivity index (χ4v) is 15.6. The van der Waals surface area contributed by atoms with Crippen molar-refractivity contribution in [3.05, 3.63) is 69.6 Å². The molecule has 11 unspecified atom stereocenters. The van der Waals surface area contributed by atoms with Gasteiger partial charge in [-0.15, -0.1) is 0 Å². The Morgan fingerprint density at radius 2 is 1.85 bits per heavy atom. The average Bonchev–Trinajstić information content (AvgIpc) is 3.63. The van der Waals surface area contributed by atoms with Crippen molar-refractivity contribution in [1.82, 2.24) is 9.80 Å². The van der Waals surface area contributed by atoms with E-state index in [4.69, 9.17) is 15.2 Å². The molecule has 0 amide bonds. The predicted molar refractivity (Wildman–Crippen MR) is 212 cm³/mol. The van der Waals surface area contributed by atoms with Crippen LogP contribution in [0.5, 0.6) is 0 Å². The minimum absolute atomic E-state index is 0.0910. The smallest absolute Gasteiger partial charge is 0.339 e. The number of hydrogen-bond donors (Lipinski definition) is 1. The zero-order chi connectivity index (χ0) is 37.3. The summed E-state index contributed by atoms with van der Waals surface area (Å²) in [6, 6.07) is 7.46. The summed E-state index contributed by atoms with van der Waals surface area (Å²) in [6.45, 7) is 8.85. The second kappa shape index (κ2) is 12.8. The lowest BCUT2D eigenvalue weighted by molar-refractivity contribution is -0.271. The van der Waals surface area contributed by atoms with Crippen molar-refractivity contribution in [3.8, 4) is 0 Å². The van der Waals surface area contributed by atoms with Gasteiger partial charge in [0.2, 0.25) is 0 Å². The van der Waals surface area contributed by atoms with Gasteiger partial charge in [-0.05, 0) is 125 Å². The van der Waals surface area contributed by atoms with Crippen molar-refractivity contribution in [2.75, 3.05) is 26.2 Å². The fraction of sp³-hybridized carbons (Fsp3) is 0.708. The molecule has 0 radical (unpaired) electrons. The van der Waals surface area contributed by atoms with E-state index in [0.29, 0.717) is 42.3 Å². The maximum atomic E-state index is 15.2. The summed E-state index contributed by atoms with van der Waals surface area (Å²) in [4.78, 5) is 35.6. The molecule has 3 saturated heterocycles. The number of fused-ring (bicyclic) bond motifs is 2. The first kappa shape index (κ1) is 35.3. The fourth-order valence-electron chi connectivity index (χ4n) is 15.6. The van der Waals surface area contributed by atoms with E-state index in [-0.39, 0.29) is 17.9 Å². The molecule has 2 N–H and O–H groups in total. The van der Waals surface area contributed by atoms with Crippen molar-refractivity contribution in [3.63, 3.8) is 0 Å². The van der Waals surface area contributed by atoms with Gasteiger partial charge in [-0.2, -0.15) is 0 Å². The van der Waals surface area contributed by atoms with E-state index in [2.05, 4.69) is 54.0 Å². The molecule has 2 saturated carbocycles. The highest BCUT2D eigenvalue weighted by Gasteiger charge is 2.91. The molecule has 1 aromatic carbocycles. The Hall–Kier alpha value is -2.90. The molecular weight excluding hydrogens is 683 g/mol. The highest BCUT2D eigenvalue weighted by Crippen LogP contribution is 2.84. The number of benzene rings is 1. The number of carbonyl (C=O) groups is 2. The third-order valence-electron chi connectivity index (χ3n) is 17.4. The lowest BCUT2D eigenvalue weighted by atomic mass is 9.31. The Kier molecular flexibility index (Phi) is 8.21. The third kappa shape index (κ3) is 4.57. The number of hydrogen-bond acceptors (Lipinski definition) is 7. The van der Waals surface area contributed by atoms with E-state index in [0.717, 1.165) is 79.7 Å². The van der Waals surface area contributed by atoms with Gasteiger partial charge >= 0.3 is 11.9 Å². The summed E-state index contributed by atoms with van der Waals surface area (Å²) >= 11 is 0. The Bertz CT molecular complexity index is 1890. The van der Waals surface area contributed by atoms with Gasteiger partial charge in [-0.1, -0.05) is 75.0 Å². The molecule has 4 aliphatic carbocycles. The molecule has 11 atom stereocenters. The molecular formula is C48H63N3O4. The van der Waals surface area contributed by atoms with E-state index in [1.54, 1.807) is 11.3 Å². The molecule has 1 aromatic rings. The van der Waals surface area contributed by atoms with Crippen LogP contribution in [0.15, 0.2) is 53.0 Å². The molecule has 55 heavy (non-hydrogen) atoms. The molecule has 9 heterocycles. The lowest BCUT2D eigenvalue weighted by Gasteiger charge is -2.69. The number of esters is 2. The predicted octanol–water partition coefficient (Wildman–Crippen LogP) is 8.58. The van der Waals surface area contributed by atoms with Crippen molar-refractivity contribution < 1.29 is 19.1 Å². The van der Waals surface area contributed by atoms with Crippen LogP contribution in [0.1, 0.15) is 138 Å². The quantitative estimate of drug-likeness (QED) is 0.231. The third-order valence-corrected chi connectivity index (χ3v) is 17.4. The van der Waals surface area contributed by atoms with Gasteiger partial charge in [0.25, 0.3) is 0 Å². The Morgan fingerprint density at radius 1 is 0.982 bits per heavy atom. The summed E-state index contributed by atoms with van der Waals surface area (Å²) in [5.41, 5.74) is 11.1. The molecule has 14 rings (SSSR count). The Balaban J connectivity index is 1.14. The monoisotopic (exact) mass is 745 g/mol. The molecule has 2 spiro atoms. The van der Waals surface area contributed by atoms with Crippen molar-refractivity contribution in [2.24, 2.45) is 52.1 Å². The zero-order valence-electron chi connectivity index (χ0n) is 33.5. The molecule has 294 valence electrons. The summed E-state index contributed by atoms with van der Waals surface area (Å²) in [6.07, 6.45) is 23.6. The van der Waals surface area contributed by atoms with Crippen molar-refractivity contribution >= 4 is 11.9 Å². The van der Waals surface area contributed by atoms with E-state index in [9.17, 15) is 4.79 Å². The maximum Gasteiger partial charge on any atom is 0.339 e. The number of piperidine rings is 2. The van der Waals surface area contributed by atoms with Gasteiger partial charge in [0.15, 0.2) is 5.60 Å². The summed E-state index contributed by atoms with van der Waals surface area (Å²) < 4.78 is 13.9. The van der Waals surface area contributed by atoms with Gasteiger partial charge < -0.3 is 20.1 Å². The number of rotatable bonds is 6. The standard InChI is InChI=1S/C48H63N3O4/c1-3-9-40-46-25-34-19-20-47(46,48(40)37-14-7-12-32(13-8-21-49)42(37)44(52)55-48)41(54-45(46)53)18-17-38(31-10-5-4-6-11-31)50-26-30-24-35(28-50)39-16-15-33-22-29(2)23-36(34)43(33)51(39)27-30/h7,12,14,18,25,29-31,35-36,38-40H,3-6,8-11,13,15-17,19-24,26-28,49H2,1-2H3. The maximum absolute atomic E-state index is 15.2. The first-order chi connectivity index (χ1) is 26.8. The highest BCUT2D eigenvalue weighted by atomic mass is 16.6. The van der Waals surface area contributed by atoms with Crippen LogP contribution in [0, 0.1) is 46.3 Å². The second-order valence-electron chi connectivity index (χ2n) is 20.0. The Morgan fingerprint density at radius 3 is 2.69 bits per heavy atom. The van der Waals surface area contributed by atoms with Crippen molar-refractivity contribution in [2.45, 2.75) is 141 Å². The van der Waals surface area contributed by atoms with E-state index >= 15 is 4.79 Å². The molecule has 0 aromatic heterocycles. The van der Waals surface area contributed by atoms with E-state index in [1.807, 2.05) is 0 Å². The minimum atomic E-state index is -0.927. The number of carbonyl (C=O) groups excluding carboxylic acids is 2. The first-order valence-electron chi connectivity index (χ1n) is 22.8. The van der Waals surface area contributed by atoms with Crippen LogP contribution in [-0.4, -0.2) is 60.0 Å². The molecule has 13 aliphatic rings. The van der Waals surface area contributed by atoms with Crippen LogP contribution in [0.25, 0.3) is 0 Å². The van der Waals surface area contributed by atoms with Crippen LogP contribution in [-0.2, 0) is 26.3 Å². The van der Waals surface area contributed by atoms with Crippen molar-refractivity contribution in [1.29, 1.82) is 0 Å². The van der Waals surface area contributed by atoms with Gasteiger partial charge in [-0.3, -0.25) is 9.69 Å². The van der Waals surface area contributed by atoms with Crippen LogP contribution in [0.3, 0.4) is 0 Å². The average molecular weight is 746 g/mol. The van der Waals surface area contributed by atoms with Gasteiger partial charge in [-0.25, -0.2) is 4.79 Å². The lowest BCUT2D eigenvalue weighted by Crippen LogP contribution is -2.75.